The second-order valence-electron chi connectivity index (χ2n) is 19.6. The van der Waals surface area contributed by atoms with Crippen molar-refractivity contribution in [2.75, 3.05) is 47.5 Å². The molecule has 0 aliphatic carbocycles. The average Bonchev–Trinajstić information content (AvgIpc) is 3.25. The molecular weight excluding hydrogens is 822 g/mol. The van der Waals surface area contributed by atoms with E-state index in [2.05, 4.69) is 38.2 Å². The van der Waals surface area contributed by atoms with Crippen LogP contribution in [0, 0.1) is 0 Å². The Hall–Kier alpha value is -1.51. The number of hydrogen-bond acceptors (Lipinski definition) is 8. The first-order chi connectivity index (χ1) is 31.0. The van der Waals surface area contributed by atoms with E-state index in [-0.39, 0.29) is 26.1 Å². The molecule has 0 aromatic carbocycles. The largest absolute Gasteiger partial charge is 0.756 e. The lowest BCUT2D eigenvalue weighted by Gasteiger charge is -2.28. The lowest BCUT2D eigenvalue weighted by atomic mass is 10.0. The van der Waals surface area contributed by atoms with Gasteiger partial charge in [-0.1, -0.05) is 212 Å². The summed E-state index contributed by atoms with van der Waals surface area (Å²) in [6.07, 6.45) is 53.7. The second-order valence-corrected chi connectivity index (χ2v) is 21.0. The molecule has 0 aromatic rings. The zero-order valence-electron chi connectivity index (χ0n) is 42.7. The maximum absolute atomic E-state index is 12.7. The number of carbonyl (C=O) groups excluding carboxylic acids is 2. The summed E-state index contributed by atoms with van der Waals surface area (Å²) >= 11 is 0. The van der Waals surface area contributed by atoms with Gasteiger partial charge in [-0.15, -0.1) is 0 Å². The van der Waals surface area contributed by atoms with Crippen molar-refractivity contribution in [1.29, 1.82) is 0 Å². The highest BCUT2D eigenvalue weighted by atomic mass is 31.2. The number of rotatable bonds is 50. The number of unbranched alkanes of at least 4 members (excludes halogenated alkanes) is 32. The van der Waals surface area contributed by atoms with E-state index in [1.54, 1.807) is 0 Å². The summed E-state index contributed by atoms with van der Waals surface area (Å²) in [6.45, 7) is 4.24. The van der Waals surface area contributed by atoms with Crippen molar-refractivity contribution < 1.29 is 42.1 Å². The Morgan fingerprint density at radius 1 is 0.469 bits per heavy atom. The average molecular weight is 926 g/mol. The highest BCUT2D eigenvalue weighted by Gasteiger charge is 2.21. The van der Waals surface area contributed by atoms with Crippen LogP contribution in [-0.4, -0.2) is 70.0 Å². The fourth-order valence-electron chi connectivity index (χ4n) is 7.71. The zero-order valence-corrected chi connectivity index (χ0v) is 43.6. The Labute approximate surface area is 396 Å². The SMILES string of the molecule is CCCCCCCC/C=C/CCCCCCCCCC(=O)OC[C@H](COP(=O)([O-])OCC[N+](C)(C)C)OC(=O)CCC/C=C/CCCCCCCCCCCCCCCCCCCC. The number of esters is 2. The summed E-state index contributed by atoms with van der Waals surface area (Å²) in [6, 6.07) is 0. The number of carbonyl (C=O) groups is 2. The molecule has 0 aliphatic rings. The molecule has 0 aromatic heterocycles. The smallest absolute Gasteiger partial charge is 0.306 e. The number of nitrogens with zero attached hydrogens (tertiary/aromatic N) is 1. The van der Waals surface area contributed by atoms with Crippen molar-refractivity contribution in [1.82, 2.24) is 0 Å². The molecule has 64 heavy (non-hydrogen) atoms. The fraction of sp³-hybridized carbons (Fsp3) is 0.889. The van der Waals surface area contributed by atoms with Crippen LogP contribution in [0.25, 0.3) is 0 Å². The first kappa shape index (κ1) is 62.5. The van der Waals surface area contributed by atoms with E-state index in [1.165, 1.54) is 180 Å². The van der Waals surface area contributed by atoms with Crippen LogP contribution in [0.2, 0.25) is 0 Å². The van der Waals surface area contributed by atoms with Gasteiger partial charge in [0.15, 0.2) is 6.10 Å². The third kappa shape index (κ3) is 49.9. The predicted octanol–water partition coefficient (Wildman–Crippen LogP) is 15.6. The van der Waals surface area contributed by atoms with Gasteiger partial charge in [0.2, 0.25) is 0 Å². The predicted molar refractivity (Wildman–Crippen MR) is 268 cm³/mol. The number of hydrogen-bond donors (Lipinski definition) is 0. The monoisotopic (exact) mass is 926 g/mol. The van der Waals surface area contributed by atoms with Gasteiger partial charge in [-0.2, -0.15) is 0 Å². The quantitative estimate of drug-likeness (QED) is 0.0195. The molecular formula is C54H104NO8P. The van der Waals surface area contributed by atoms with Crippen molar-refractivity contribution in [2.24, 2.45) is 0 Å². The van der Waals surface area contributed by atoms with Gasteiger partial charge in [0.05, 0.1) is 27.7 Å². The lowest BCUT2D eigenvalue weighted by molar-refractivity contribution is -0.870. The van der Waals surface area contributed by atoms with Gasteiger partial charge < -0.3 is 27.9 Å². The summed E-state index contributed by atoms with van der Waals surface area (Å²) < 4.78 is 34.0. The normalized spacial score (nSPS) is 13.5. The molecule has 378 valence electrons. The van der Waals surface area contributed by atoms with Crippen molar-refractivity contribution in [3.63, 3.8) is 0 Å². The third-order valence-corrected chi connectivity index (χ3v) is 12.9. The number of allylic oxidation sites excluding steroid dienone is 4. The molecule has 0 N–H and O–H groups in total. The van der Waals surface area contributed by atoms with Gasteiger partial charge >= 0.3 is 11.9 Å². The zero-order chi connectivity index (χ0) is 47.1. The molecule has 0 amide bonds. The number of phosphoric ester groups is 1. The first-order valence-electron chi connectivity index (χ1n) is 27.0. The van der Waals surface area contributed by atoms with Crippen LogP contribution in [0.1, 0.15) is 258 Å². The summed E-state index contributed by atoms with van der Waals surface area (Å²) in [7, 11) is 1.16. The molecule has 0 fully saturated rings. The molecule has 0 spiro atoms. The summed E-state index contributed by atoms with van der Waals surface area (Å²) in [5, 5.41) is 0. The summed E-state index contributed by atoms with van der Waals surface area (Å²) in [5.41, 5.74) is 0. The molecule has 0 saturated heterocycles. The minimum absolute atomic E-state index is 0.0343. The molecule has 0 aliphatic heterocycles. The number of quaternary nitrogens is 1. The Morgan fingerprint density at radius 2 is 0.812 bits per heavy atom. The summed E-state index contributed by atoms with van der Waals surface area (Å²) in [4.78, 5) is 37.7. The van der Waals surface area contributed by atoms with Crippen molar-refractivity contribution in [3.8, 4) is 0 Å². The molecule has 0 saturated carbocycles. The van der Waals surface area contributed by atoms with Gasteiger partial charge in [0, 0.05) is 12.8 Å². The van der Waals surface area contributed by atoms with Gasteiger partial charge in [0.1, 0.15) is 19.8 Å². The van der Waals surface area contributed by atoms with Crippen LogP contribution >= 0.6 is 7.82 Å². The maximum atomic E-state index is 12.7. The topological polar surface area (TPSA) is 111 Å². The van der Waals surface area contributed by atoms with E-state index in [0.717, 1.165) is 44.9 Å². The number of ether oxygens (including phenoxy) is 2. The van der Waals surface area contributed by atoms with E-state index in [1.807, 2.05) is 21.1 Å². The number of likely N-dealkylation sites (N-methyl/N-ethyl adjacent to an activating group) is 1. The highest BCUT2D eigenvalue weighted by molar-refractivity contribution is 7.45. The van der Waals surface area contributed by atoms with Crippen molar-refractivity contribution in [3.05, 3.63) is 24.3 Å². The molecule has 1 unspecified atom stereocenters. The van der Waals surface area contributed by atoms with E-state index in [4.69, 9.17) is 18.5 Å². The van der Waals surface area contributed by atoms with Crippen LogP contribution in [0.3, 0.4) is 0 Å². The highest BCUT2D eigenvalue weighted by Crippen LogP contribution is 2.38. The molecule has 0 radical (unpaired) electrons. The Kier molecular flexibility index (Phi) is 45.5. The number of phosphoric acid groups is 1. The maximum Gasteiger partial charge on any atom is 0.306 e. The van der Waals surface area contributed by atoms with Crippen LogP contribution < -0.4 is 4.89 Å². The third-order valence-electron chi connectivity index (χ3n) is 11.9. The Bertz CT molecular complexity index is 1140. The molecule has 9 nitrogen and oxygen atoms in total. The molecule has 0 rings (SSSR count). The molecule has 0 heterocycles. The first-order valence-corrected chi connectivity index (χ1v) is 28.5. The van der Waals surface area contributed by atoms with Gasteiger partial charge in [-0.3, -0.25) is 14.2 Å². The standard InChI is InChI=1S/C54H104NO8P/c1-6-8-10-12-14-16-18-20-22-24-25-26-27-28-29-31-33-35-37-39-41-43-45-47-54(57)63-52(51-62-64(58,59)61-49-48-55(3,4)5)50-60-53(56)46-44-42-40-38-36-34-32-30-23-21-19-17-15-13-11-9-7-2/h21,23,39,41,52H,6-20,22,24-38,40,42-51H2,1-5H3/b23-21+,41-39+/t52-/m1/s1. The summed E-state index contributed by atoms with van der Waals surface area (Å²) in [5.74, 6) is -0.865. The van der Waals surface area contributed by atoms with Gasteiger partial charge in [0.25, 0.3) is 7.82 Å². The Morgan fingerprint density at radius 3 is 1.20 bits per heavy atom. The van der Waals surface area contributed by atoms with Crippen molar-refractivity contribution in [2.45, 2.75) is 264 Å². The van der Waals surface area contributed by atoms with E-state index >= 15 is 0 Å². The van der Waals surface area contributed by atoms with Crippen LogP contribution in [-0.2, 0) is 32.7 Å². The van der Waals surface area contributed by atoms with Crippen LogP contribution in [0.4, 0.5) is 0 Å². The van der Waals surface area contributed by atoms with Crippen LogP contribution in [0.15, 0.2) is 24.3 Å². The van der Waals surface area contributed by atoms with E-state index < -0.39 is 32.5 Å². The second kappa shape index (κ2) is 46.6. The van der Waals surface area contributed by atoms with Crippen LogP contribution in [0.5, 0.6) is 0 Å². The van der Waals surface area contributed by atoms with Gasteiger partial charge in [-0.25, -0.2) is 0 Å². The van der Waals surface area contributed by atoms with E-state index in [0.29, 0.717) is 17.4 Å². The fourth-order valence-corrected chi connectivity index (χ4v) is 8.44. The molecule has 10 heteroatoms. The molecule has 2 atom stereocenters. The Balaban J connectivity index is 4.22. The minimum Gasteiger partial charge on any atom is -0.756 e. The van der Waals surface area contributed by atoms with Gasteiger partial charge in [-0.05, 0) is 57.8 Å². The molecule has 0 bridgehead atoms. The van der Waals surface area contributed by atoms with E-state index in [9.17, 15) is 19.0 Å². The lowest BCUT2D eigenvalue weighted by Crippen LogP contribution is -2.37. The van der Waals surface area contributed by atoms with Crippen molar-refractivity contribution >= 4 is 19.8 Å². The minimum atomic E-state index is -4.64.